The number of carbonyl (C=O) groups excluding carboxylic acids is 1. The minimum atomic E-state index is -4.37. The van der Waals surface area contributed by atoms with E-state index in [0.717, 1.165) is 5.56 Å². The number of rotatable bonds is 5. The first kappa shape index (κ1) is 16.8. The van der Waals surface area contributed by atoms with Crippen LogP contribution in [0.25, 0.3) is 0 Å². The maximum Gasteiger partial charge on any atom is 0.422 e. The molecule has 0 aliphatic rings. The zero-order chi connectivity index (χ0) is 16.9. The fourth-order valence-corrected chi connectivity index (χ4v) is 1.88. The molecule has 2 aromatic rings. The van der Waals surface area contributed by atoms with E-state index in [-0.39, 0.29) is 17.7 Å². The molecule has 0 saturated heterocycles. The van der Waals surface area contributed by atoms with Gasteiger partial charge < -0.3 is 10.1 Å². The predicted octanol–water partition coefficient (Wildman–Crippen LogP) is 3.51. The molecule has 1 heterocycles. The molecule has 0 aliphatic carbocycles. The number of ether oxygens (including phenoxy) is 1. The fourth-order valence-electron chi connectivity index (χ4n) is 1.88. The summed E-state index contributed by atoms with van der Waals surface area (Å²) in [5.74, 6) is -0.129. The summed E-state index contributed by atoms with van der Waals surface area (Å²) in [6.45, 7) is 0.450. The summed E-state index contributed by atoms with van der Waals surface area (Å²) in [5.41, 5.74) is 1.24. The number of hydrogen-bond donors (Lipinski definition) is 1. The molecule has 122 valence electrons. The molecule has 0 aliphatic heterocycles. The summed E-state index contributed by atoms with van der Waals surface area (Å²) >= 11 is 0. The smallest absolute Gasteiger partial charge is 0.422 e. The Kier molecular flexibility index (Phi) is 5.20. The molecule has 1 amide bonds. The molecule has 23 heavy (non-hydrogen) atoms. The van der Waals surface area contributed by atoms with Crippen molar-refractivity contribution in [2.24, 2.45) is 0 Å². The van der Waals surface area contributed by atoms with Crippen LogP contribution in [0.1, 0.15) is 28.9 Å². The molecule has 1 aromatic carbocycles. The number of amides is 1. The molecule has 0 saturated carbocycles. The highest BCUT2D eigenvalue weighted by Gasteiger charge is 2.28. The van der Waals surface area contributed by atoms with E-state index in [9.17, 15) is 18.0 Å². The Labute approximate surface area is 131 Å². The van der Waals surface area contributed by atoms with E-state index in [1.807, 2.05) is 0 Å². The van der Waals surface area contributed by atoms with E-state index in [1.165, 1.54) is 24.5 Å². The molecule has 0 fully saturated rings. The van der Waals surface area contributed by atoms with Crippen molar-refractivity contribution in [1.82, 2.24) is 10.3 Å². The molecule has 4 nitrogen and oxygen atoms in total. The van der Waals surface area contributed by atoms with Gasteiger partial charge in [0.1, 0.15) is 5.75 Å². The van der Waals surface area contributed by atoms with Crippen molar-refractivity contribution in [1.29, 1.82) is 0 Å². The lowest BCUT2D eigenvalue weighted by atomic mass is 10.1. The number of carbonyl (C=O) groups is 1. The Bertz CT molecular complexity index is 643. The van der Waals surface area contributed by atoms with E-state index in [1.54, 1.807) is 31.2 Å². The number of nitrogens with one attached hydrogen (secondary N) is 1. The molecule has 0 bridgehead atoms. The zero-order valence-corrected chi connectivity index (χ0v) is 12.3. The van der Waals surface area contributed by atoms with Crippen LogP contribution in [0.2, 0.25) is 0 Å². The van der Waals surface area contributed by atoms with Gasteiger partial charge in [-0.05, 0) is 36.8 Å². The molecule has 1 aromatic heterocycles. The first-order valence-electron chi connectivity index (χ1n) is 6.85. The SMILES string of the molecule is CC(NC(=O)c1ccncc1)c1ccc(OCC(F)(F)F)cc1. The van der Waals surface area contributed by atoms with Crippen molar-refractivity contribution in [3.63, 3.8) is 0 Å². The van der Waals surface area contributed by atoms with Crippen LogP contribution in [0.15, 0.2) is 48.8 Å². The lowest BCUT2D eigenvalue weighted by molar-refractivity contribution is -0.153. The van der Waals surface area contributed by atoms with Crippen molar-refractivity contribution in [2.45, 2.75) is 19.1 Å². The molecule has 1 unspecified atom stereocenters. The van der Waals surface area contributed by atoms with Gasteiger partial charge in [-0.1, -0.05) is 12.1 Å². The highest BCUT2D eigenvalue weighted by Crippen LogP contribution is 2.21. The topological polar surface area (TPSA) is 51.2 Å². The molecule has 0 spiro atoms. The Hall–Kier alpha value is -2.57. The quantitative estimate of drug-likeness (QED) is 0.915. The van der Waals surface area contributed by atoms with Crippen molar-refractivity contribution in [3.05, 3.63) is 59.9 Å². The second-order valence-electron chi connectivity index (χ2n) is 4.90. The average molecular weight is 324 g/mol. The Balaban J connectivity index is 1.95. The highest BCUT2D eigenvalue weighted by molar-refractivity contribution is 5.94. The minimum Gasteiger partial charge on any atom is -0.484 e. The van der Waals surface area contributed by atoms with Crippen molar-refractivity contribution in [3.8, 4) is 5.75 Å². The van der Waals surface area contributed by atoms with Crippen molar-refractivity contribution in [2.75, 3.05) is 6.61 Å². The third-order valence-corrected chi connectivity index (χ3v) is 3.07. The van der Waals surface area contributed by atoms with Crippen LogP contribution in [-0.4, -0.2) is 23.7 Å². The number of benzene rings is 1. The van der Waals surface area contributed by atoms with Gasteiger partial charge in [0.15, 0.2) is 6.61 Å². The molecular formula is C16H15F3N2O2. The van der Waals surface area contributed by atoms with Gasteiger partial charge in [0.05, 0.1) is 6.04 Å². The molecule has 0 radical (unpaired) electrons. The van der Waals surface area contributed by atoms with E-state index < -0.39 is 12.8 Å². The molecule has 1 atom stereocenters. The lowest BCUT2D eigenvalue weighted by Crippen LogP contribution is -2.26. The van der Waals surface area contributed by atoms with Crippen molar-refractivity contribution >= 4 is 5.91 Å². The largest absolute Gasteiger partial charge is 0.484 e. The monoisotopic (exact) mass is 324 g/mol. The first-order chi connectivity index (χ1) is 10.8. The summed E-state index contributed by atoms with van der Waals surface area (Å²) in [5, 5.41) is 2.80. The van der Waals surface area contributed by atoms with Gasteiger partial charge in [-0.3, -0.25) is 9.78 Å². The second kappa shape index (κ2) is 7.13. The van der Waals surface area contributed by atoms with Gasteiger partial charge in [-0.2, -0.15) is 13.2 Å². The van der Waals surface area contributed by atoms with E-state index in [4.69, 9.17) is 0 Å². The van der Waals surface area contributed by atoms with Gasteiger partial charge in [-0.15, -0.1) is 0 Å². The number of halogens is 3. The number of hydrogen-bond acceptors (Lipinski definition) is 3. The fraction of sp³-hybridized carbons (Fsp3) is 0.250. The van der Waals surface area contributed by atoms with Crippen LogP contribution in [0.4, 0.5) is 13.2 Å². The summed E-state index contributed by atoms with van der Waals surface area (Å²) in [4.78, 5) is 15.9. The summed E-state index contributed by atoms with van der Waals surface area (Å²) in [6.07, 6.45) is -1.33. The van der Waals surface area contributed by atoms with Gasteiger partial charge in [-0.25, -0.2) is 0 Å². The Morgan fingerprint density at radius 1 is 1.17 bits per heavy atom. The van der Waals surface area contributed by atoms with Gasteiger partial charge >= 0.3 is 6.18 Å². The third-order valence-electron chi connectivity index (χ3n) is 3.07. The normalized spacial score (nSPS) is 12.5. The molecule has 2 rings (SSSR count). The van der Waals surface area contributed by atoms with E-state index >= 15 is 0 Å². The van der Waals surface area contributed by atoms with Gasteiger partial charge in [0.25, 0.3) is 5.91 Å². The van der Waals surface area contributed by atoms with E-state index in [2.05, 4.69) is 15.0 Å². The summed E-state index contributed by atoms with van der Waals surface area (Å²) < 4.78 is 40.9. The maximum absolute atomic E-state index is 12.1. The van der Waals surface area contributed by atoms with Gasteiger partial charge in [0, 0.05) is 18.0 Å². The lowest BCUT2D eigenvalue weighted by Gasteiger charge is -2.15. The summed E-state index contributed by atoms with van der Waals surface area (Å²) in [7, 11) is 0. The second-order valence-corrected chi connectivity index (χ2v) is 4.90. The minimum absolute atomic E-state index is 0.124. The summed E-state index contributed by atoms with van der Waals surface area (Å²) in [6, 6.07) is 9.00. The number of pyridine rings is 1. The van der Waals surface area contributed by atoms with Crippen LogP contribution >= 0.6 is 0 Å². The average Bonchev–Trinajstić information content (AvgIpc) is 2.53. The van der Waals surface area contributed by atoms with Crippen LogP contribution < -0.4 is 10.1 Å². The highest BCUT2D eigenvalue weighted by atomic mass is 19.4. The van der Waals surface area contributed by atoms with Crippen LogP contribution in [-0.2, 0) is 0 Å². The maximum atomic E-state index is 12.1. The van der Waals surface area contributed by atoms with Gasteiger partial charge in [0.2, 0.25) is 0 Å². The van der Waals surface area contributed by atoms with Crippen LogP contribution in [0.3, 0.4) is 0 Å². The van der Waals surface area contributed by atoms with Crippen LogP contribution in [0.5, 0.6) is 5.75 Å². The molecule has 7 heteroatoms. The Morgan fingerprint density at radius 2 is 1.78 bits per heavy atom. The standard InChI is InChI=1S/C16H15F3N2O2/c1-11(21-15(22)13-6-8-20-9-7-13)12-2-4-14(5-3-12)23-10-16(17,18)19/h2-9,11H,10H2,1H3,(H,21,22). The zero-order valence-electron chi connectivity index (χ0n) is 12.3. The predicted molar refractivity (Wildman–Crippen MR) is 78.1 cm³/mol. The number of alkyl halides is 3. The van der Waals surface area contributed by atoms with Crippen LogP contribution in [0, 0.1) is 0 Å². The first-order valence-corrected chi connectivity index (χ1v) is 6.85. The van der Waals surface area contributed by atoms with E-state index in [0.29, 0.717) is 5.56 Å². The molecular weight excluding hydrogens is 309 g/mol. The Morgan fingerprint density at radius 3 is 2.35 bits per heavy atom. The third kappa shape index (κ3) is 5.28. The number of aromatic nitrogens is 1. The number of nitrogens with zero attached hydrogens (tertiary/aromatic N) is 1. The van der Waals surface area contributed by atoms with Crippen molar-refractivity contribution < 1.29 is 22.7 Å². The molecule has 1 N–H and O–H groups in total.